The third-order valence-corrected chi connectivity index (χ3v) is 5.11. The van der Waals surface area contributed by atoms with Crippen molar-refractivity contribution in [1.82, 2.24) is 3.96 Å². The molecule has 1 heterocycles. The molecule has 24 heavy (non-hydrogen) atoms. The molecule has 2 N–H and O–H groups in total. The van der Waals surface area contributed by atoms with E-state index >= 15 is 0 Å². The summed E-state index contributed by atoms with van der Waals surface area (Å²) in [4.78, 5) is 13.8. The van der Waals surface area contributed by atoms with Gasteiger partial charge in [-0.3, -0.25) is 8.75 Å². The number of nitrogens with one attached hydrogen (secondary N) is 1. The smallest absolute Gasteiger partial charge is 0.285 e. The molecular weight excluding hydrogens is 320 g/mol. The van der Waals surface area contributed by atoms with Crippen LogP contribution in [0.2, 0.25) is 0 Å². The van der Waals surface area contributed by atoms with Gasteiger partial charge in [-0.1, -0.05) is 41.9 Å². The van der Waals surface area contributed by atoms with Gasteiger partial charge >= 0.3 is 0 Å². The lowest BCUT2D eigenvalue weighted by atomic mass is 10.1. The van der Waals surface area contributed by atoms with Crippen molar-refractivity contribution < 1.29 is 5.11 Å². The van der Waals surface area contributed by atoms with Gasteiger partial charge in [0.05, 0.1) is 10.4 Å². The Balaban J connectivity index is 2.14. The Kier molecular flexibility index (Phi) is 4.20. The third-order valence-electron chi connectivity index (χ3n) is 3.59. The highest BCUT2D eigenvalue weighted by atomic mass is 32.1. The number of phenolic OH excluding ortho intramolecular Hbond substituents is 1. The van der Waals surface area contributed by atoms with Crippen LogP contribution in [0.15, 0.2) is 59.4 Å². The average Bonchev–Trinajstić information content (AvgIpc) is 2.87. The number of phenols is 1. The van der Waals surface area contributed by atoms with Crippen molar-refractivity contribution in [1.29, 1.82) is 0 Å². The van der Waals surface area contributed by atoms with Gasteiger partial charge in [0.15, 0.2) is 0 Å². The van der Waals surface area contributed by atoms with Crippen molar-refractivity contribution in [2.45, 2.75) is 26.3 Å². The number of aromatic hydroxyl groups is 1. The zero-order valence-electron chi connectivity index (χ0n) is 13.9. The fourth-order valence-electron chi connectivity index (χ4n) is 2.40. The average molecular weight is 340 g/mol. The molecule has 3 aromatic rings. The van der Waals surface area contributed by atoms with Crippen molar-refractivity contribution >= 4 is 22.9 Å². The summed E-state index contributed by atoms with van der Waals surface area (Å²) in [5.74, 6) is 0.196. The van der Waals surface area contributed by atoms with E-state index in [9.17, 15) is 9.90 Å². The highest BCUT2D eigenvalue weighted by Crippen LogP contribution is 2.34. The Hall–Kier alpha value is -2.53. The van der Waals surface area contributed by atoms with Gasteiger partial charge in [0, 0.05) is 5.69 Å². The van der Waals surface area contributed by atoms with Gasteiger partial charge < -0.3 is 10.4 Å². The Labute approximate surface area is 145 Å². The molecule has 0 atom stereocenters. The minimum absolute atomic E-state index is 0.0422. The molecular formula is C19H20N2O2S. The molecule has 0 unspecified atom stereocenters. The molecule has 3 rings (SSSR count). The number of rotatable bonds is 3. The largest absolute Gasteiger partial charge is 0.508 e. The summed E-state index contributed by atoms with van der Waals surface area (Å²) in [7, 11) is 0. The van der Waals surface area contributed by atoms with Crippen molar-refractivity contribution in [3.05, 3.63) is 65.0 Å². The molecule has 0 fully saturated rings. The summed E-state index contributed by atoms with van der Waals surface area (Å²) in [5.41, 5.74) is 2.00. The van der Waals surface area contributed by atoms with Crippen molar-refractivity contribution in [2.24, 2.45) is 0 Å². The van der Waals surface area contributed by atoms with E-state index in [1.165, 1.54) is 11.5 Å². The Morgan fingerprint density at radius 1 is 1.00 bits per heavy atom. The standard InChI is InChI=1S/C19H20N2O2S/c1-19(2,3)21-18(23)16(20-14-9-11-15(22)12-10-14)17(24-21)13-7-5-4-6-8-13/h4-12,20,22H,1-3H3. The van der Waals surface area contributed by atoms with E-state index in [4.69, 9.17) is 0 Å². The second-order valence-corrected chi connectivity index (χ2v) is 7.56. The van der Waals surface area contributed by atoms with Gasteiger partial charge in [-0.25, -0.2) is 0 Å². The quantitative estimate of drug-likeness (QED) is 0.675. The second kappa shape index (κ2) is 6.17. The van der Waals surface area contributed by atoms with Gasteiger partial charge in [0.1, 0.15) is 11.4 Å². The molecule has 0 spiro atoms. The number of anilines is 2. The lowest BCUT2D eigenvalue weighted by molar-refractivity contribution is 0.420. The maximum atomic E-state index is 12.9. The molecule has 0 aliphatic carbocycles. The molecule has 0 saturated heterocycles. The summed E-state index contributed by atoms with van der Waals surface area (Å²) >= 11 is 1.46. The van der Waals surface area contributed by atoms with Crippen molar-refractivity contribution in [2.75, 3.05) is 5.32 Å². The topological polar surface area (TPSA) is 54.3 Å². The molecule has 1 aromatic heterocycles. The molecule has 0 bridgehead atoms. The summed E-state index contributed by atoms with van der Waals surface area (Å²) in [6, 6.07) is 16.6. The van der Waals surface area contributed by atoms with E-state index in [-0.39, 0.29) is 16.8 Å². The van der Waals surface area contributed by atoms with Gasteiger partial charge in [-0.15, -0.1) is 0 Å². The van der Waals surface area contributed by atoms with Crippen LogP contribution in [0.1, 0.15) is 20.8 Å². The van der Waals surface area contributed by atoms with E-state index in [0.717, 1.165) is 16.1 Å². The molecule has 0 aliphatic heterocycles. The maximum Gasteiger partial charge on any atom is 0.285 e. The Morgan fingerprint density at radius 2 is 1.62 bits per heavy atom. The normalized spacial score (nSPS) is 11.5. The second-order valence-electron chi connectivity index (χ2n) is 6.60. The lowest BCUT2D eigenvalue weighted by Gasteiger charge is -2.18. The van der Waals surface area contributed by atoms with Crippen LogP contribution >= 0.6 is 11.5 Å². The first kappa shape index (κ1) is 16.3. The van der Waals surface area contributed by atoms with E-state index in [1.54, 1.807) is 28.2 Å². The van der Waals surface area contributed by atoms with E-state index in [0.29, 0.717) is 5.69 Å². The monoisotopic (exact) mass is 340 g/mol. The number of nitrogens with zero attached hydrogens (tertiary/aromatic N) is 1. The van der Waals surface area contributed by atoms with E-state index < -0.39 is 0 Å². The third kappa shape index (κ3) is 3.21. The first-order valence-corrected chi connectivity index (χ1v) is 8.52. The van der Waals surface area contributed by atoms with Gasteiger partial charge in [-0.05, 0) is 50.6 Å². The first-order valence-electron chi connectivity index (χ1n) is 7.74. The molecule has 0 amide bonds. The number of benzene rings is 2. The predicted molar refractivity (Wildman–Crippen MR) is 100 cm³/mol. The molecule has 0 radical (unpaired) electrons. The van der Waals surface area contributed by atoms with Crippen molar-refractivity contribution in [3.8, 4) is 16.2 Å². The number of hydrogen-bond donors (Lipinski definition) is 2. The highest BCUT2D eigenvalue weighted by molar-refractivity contribution is 7.11. The van der Waals surface area contributed by atoms with Gasteiger partial charge in [0.25, 0.3) is 5.56 Å². The van der Waals surface area contributed by atoms with Crippen molar-refractivity contribution in [3.63, 3.8) is 0 Å². The van der Waals surface area contributed by atoms with Crippen LogP contribution in [0.4, 0.5) is 11.4 Å². The fraction of sp³-hybridized carbons (Fsp3) is 0.211. The summed E-state index contributed by atoms with van der Waals surface area (Å²) in [5, 5.41) is 12.7. The van der Waals surface area contributed by atoms with Crippen LogP contribution in [0, 0.1) is 0 Å². The van der Waals surface area contributed by atoms with Crippen LogP contribution in [0.5, 0.6) is 5.75 Å². The minimum Gasteiger partial charge on any atom is -0.508 e. The Morgan fingerprint density at radius 3 is 2.21 bits per heavy atom. The van der Waals surface area contributed by atoms with Crippen LogP contribution in [0.25, 0.3) is 10.4 Å². The zero-order chi connectivity index (χ0) is 17.3. The SMILES string of the molecule is CC(C)(C)n1sc(-c2ccccc2)c(Nc2ccc(O)cc2)c1=O. The van der Waals surface area contributed by atoms with E-state index in [1.807, 2.05) is 51.1 Å². The number of hydrogen-bond acceptors (Lipinski definition) is 4. The zero-order valence-corrected chi connectivity index (χ0v) is 14.7. The predicted octanol–water partition coefficient (Wildman–Crippen LogP) is 4.78. The van der Waals surface area contributed by atoms with Gasteiger partial charge in [-0.2, -0.15) is 0 Å². The summed E-state index contributed by atoms with van der Waals surface area (Å²) in [6.45, 7) is 6.05. The van der Waals surface area contributed by atoms with Gasteiger partial charge in [0.2, 0.25) is 0 Å². The molecule has 5 heteroatoms. The first-order chi connectivity index (χ1) is 11.4. The van der Waals surface area contributed by atoms with Crippen LogP contribution in [-0.2, 0) is 5.54 Å². The molecule has 4 nitrogen and oxygen atoms in total. The van der Waals surface area contributed by atoms with Crippen LogP contribution in [-0.4, -0.2) is 9.06 Å². The maximum absolute atomic E-state index is 12.9. The fourth-order valence-corrected chi connectivity index (χ4v) is 3.51. The molecule has 0 aliphatic rings. The number of aromatic nitrogens is 1. The lowest BCUT2D eigenvalue weighted by Crippen LogP contribution is -2.29. The summed E-state index contributed by atoms with van der Waals surface area (Å²) in [6.07, 6.45) is 0. The van der Waals surface area contributed by atoms with Crippen LogP contribution < -0.4 is 10.9 Å². The molecule has 124 valence electrons. The van der Waals surface area contributed by atoms with Crippen LogP contribution in [0.3, 0.4) is 0 Å². The molecule has 2 aromatic carbocycles. The highest BCUT2D eigenvalue weighted by Gasteiger charge is 2.23. The minimum atomic E-state index is -0.292. The summed E-state index contributed by atoms with van der Waals surface area (Å²) < 4.78 is 1.79. The Bertz CT molecular complexity index is 888. The van der Waals surface area contributed by atoms with E-state index in [2.05, 4.69) is 5.32 Å². The molecule has 0 saturated carbocycles.